The maximum atomic E-state index is 14.2. The van der Waals surface area contributed by atoms with Crippen LogP contribution in [0.4, 0.5) is 0 Å². The van der Waals surface area contributed by atoms with Gasteiger partial charge in [0, 0.05) is 0 Å². The molecule has 0 radical (unpaired) electrons. The number of hydrogen-bond acceptors (Lipinski definition) is 11. The lowest BCUT2D eigenvalue weighted by Crippen LogP contribution is -2.77. The van der Waals surface area contributed by atoms with Crippen molar-refractivity contribution in [3.63, 3.8) is 0 Å². The highest BCUT2D eigenvalue weighted by Gasteiger charge is 2.73. The maximum Gasteiger partial charge on any atom is 0.361 e. The van der Waals surface area contributed by atoms with Crippen LogP contribution in [0.5, 0.6) is 0 Å². The molecule has 0 aromatic carbocycles. The van der Waals surface area contributed by atoms with Crippen LogP contribution in [-0.4, -0.2) is 93.3 Å². The Labute approximate surface area is 228 Å². The van der Waals surface area contributed by atoms with Crippen LogP contribution in [0, 0.1) is 0 Å². The van der Waals surface area contributed by atoms with E-state index in [0.29, 0.717) is 0 Å². The molecule has 0 amide bonds. The Morgan fingerprint density at radius 1 is 0.649 bits per heavy atom. The molecule has 0 saturated carbocycles. The van der Waals surface area contributed by atoms with Crippen molar-refractivity contribution in [2.24, 2.45) is 0 Å². The third-order valence-electron chi connectivity index (χ3n) is 3.80. The van der Waals surface area contributed by atoms with Crippen LogP contribution >= 0.6 is 0 Å². The summed E-state index contributed by atoms with van der Waals surface area (Å²) in [6.45, 7) is 26.2. The molecular weight excluding hydrogens is 569 g/mol. The number of aliphatic hydroxyl groups excluding tert-OH is 3. The van der Waals surface area contributed by atoms with Gasteiger partial charge in [-0.2, -0.15) is 4.89 Å². The summed E-state index contributed by atoms with van der Waals surface area (Å²) in [5.74, 6) is -6.38. The number of carbonyl (C=O) groups excluding carboxylic acids is 1. The van der Waals surface area contributed by atoms with Gasteiger partial charge in [0.25, 0.3) is 5.79 Å². The summed E-state index contributed by atoms with van der Waals surface area (Å²) in [4.78, 5) is 26.1. The van der Waals surface area contributed by atoms with Crippen LogP contribution in [0.3, 0.4) is 0 Å². The van der Waals surface area contributed by atoms with Crippen molar-refractivity contribution < 1.29 is 52.3 Å². The van der Waals surface area contributed by atoms with Gasteiger partial charge in [-0.3, -0.25) is 9.15 Å². The van der Waals surface area contributed by atoms with E-state index in [1.807, 2.05) is 39.3 Å². The zero-order valence-corrected chi connectivity index (χ0v) is 30.5. The van der Waals surface area contributed by atoms with Gasteiger partial charge in [0.05, 0.1) is 6.61 Å². The van der Waals surface area contributed by atoms with E-state index >= 15 is 0 Å². The van der Waals surface area contributed by atoms with E-state index in [1.54, 1.807) is 58.9 Å². The molecule has 16 heteroatoms. The van der Waals surface area contributed by atoms with Gasteiger partial charge in [0.15, 0.2) is 16.6 Å². The van der Waals surface area contributed by atoms with Crippen LogP contribution in [0.1, 0.15) is 0 Å². The topological polar surface area (TPSA) is 142 Å². The fourth-order valence-corrected chi connectivity index (χ4v) is 6.52. The molecule has 4 atom stereocenters. The predicted octanol–water partition coefficient (Wildman–Crippen LogP) is 3.74. The second kappa shape index (κ2) is 12.8. The number of carbonyl (C=O) groups is 1. The maximum absolute atomic E-state index is 14.2. The van der Waals surface area contributed by atoms with Crippen molar-refractivity contribution in [3.05, 3.63) is 0 Å². The molecule has 0 unspecified atom stereocenters. The van der Waals surface area contributed by atoms with Gasteiger partial charge >= 0.3 is 11.8 Å². The van der Waals surface area contributed by atoms with Crippen molar-refractivity contribution in [2.45, 2.75) is 122 Å². The van der Waals surface area contributed by atoms with Gasteiger partial charge in [-0.05, 0) is 98.2 Å². The molecule has 0 aliphatic rings. The lowest BCUT2D eigenvalue weighted by Gasteiger charge is -2.52. The summed E-state index contributed by atoms with van der Waals surface area (Å²) in [5, 5.41) is 32.2. The van der Waals surface area contributed by atoms with Crippen LogP contribution in [-0.2, 0) is 37.0 Å². The molecule has 222 valence electrons. The zero-order valence-electron chi connectivity index (χ0n) is 25.5. The quantitative estimate of drug-likeness (QED) is 0.101. The predicted molar refractivity (Wildman–Crippen MR) is 154 cm³/mol. The Morgan fingerprint density at radius 3 is 1.38 bits per heavy atom. The third kappa shape index (κ3) is 12.5. The Kier molecular flexibility index (Phi) is 12.9. The van der Waals surface area contributed by atoms with E-state index in [2.05, 4.69) is 0 Å². The van der Waals surface area contributed by atoms with Gasteiger partial charge < -0.3 is 28.6 Å². The average Bonchev–Trinajstić information content (AvgIpc) is 2.62. The average molecular weight is 621 g/mol. The second-order valence-corrected chi connectivity index (χ2v) is 36.0. The Hall–Kier alpha value is 0.194. The fraction of sp³-hybridized carbons (Fsp3) is 0.952. The van der Waals surface area contributed by atoms with Gasteiger partial charge in [-0.25, -0.2) is 9.68 Å². The van der Waals surface area contributed by atoms with Crippen molar-refractivity contribution in [1.82, 2.24) is 0 Å². The van der Waals surface area contributed by atoms with Crippen molar-refractivity contribution in [1.29, 1.82) is 0 Å². The second-order valence-electron chi connectivity index (χ2n) is 14.0. The first-order valence-corrected chi connectivity index (χ1v) is 29.5. The smallest absolute Gasteiger partial charge is 0.361 e. The van der Waals surface area contributed by atoms with Gasteiger partial charge in [0.2, 0.25) is 25.0 Å². The highest BCUT2D eigenvalue weighted by atomic mass is 28.4. The third-order valence-corrected chi connectivity index (χ3v) is 7.58. The molecule has 0 aromatic rings. The molecule has 0 rings (SSSR count). The first kappa shape index (κ1) is 37.2. The molecule has 0 heterocycles. The molecular formula is C21H52O11Si5. The van der Waals surface area contributed by atoms with Crippen LogP contribution in [0.2, 0.25) is 98.2 Å². The standard InChI is InChI=1S/C21H52O11Si5/c1-33(2,3)26-19(25)21(30-35(7,8)9,28-32-37(13,14)15)20(29-34(4,5)6,18(24)17(23)16-22)27-31-36(10,11)12/h17-18,22-24H,16H2,1-15H3/t17-,18-,20-,21-/m1/s1. The molecule has 0 fully saturated rings. The Morgan fingerprint density at radius 2 is 1.05 bits per heavy atom. The number of hydrogen-bond donors (Lipinski definition) is 3. The van der Waals surface area contributed by atoms with E-state index in [-0.39, 0.29) is 0 Å². The molecule has 0 saturated heterocycles. The summed E-state index contributed by atoms with van der Waals surface area (Å²) in [6.07, 6.45) is -3.92. The normalized spacial score (nSPS) is 19.1. The minimum absolute atomic E-state index is 0.880. The van der Waals surface area contributed by atoms with E-state index in [9.17, 15) is 20.1 Å². The molecule has 37 heavy (non-hydrogen) atoms. The lowest BCUT2D eigenvalue weighted by atomic mass is 9.95. The van der Waals surface area contributed by atoms with Gasteiger partial charge in [-0.1, -0.05) is 0 Å². The summed E-state index contributed by atoms with van der Waals surface area (Å²) >= 11 is 0. The van der Waals surface area contributed by atoms with E-state index < -0.39 is 77.9 Å². The zero-order chi connectivity index (χ0) is 29.9. The molecule has 11 nitrogen and oxygen atoms in total. The lowest BCUT2D eigenvalue weighted by molar-refractivity contribution is -0.505. The fourth-order valence-electron chi connectivity index (χ4n) is 2.76. The van der Waals surface area contributed by atoms with Gasteiger partial charge in [0.1, 0.15) is 12.2 Å². The highest BCUT2D eigenvalue weighted by molar-refractivity contribution is 6.72. The number of aliphatic hydroxyl groups is 3. The largest absolute Gasteiger partial charge is 0.516 e. The first-order valence-electron chi connectivity index (χ1n) is 12.4. The number of rotatable bonds is 16. The van der Waals surface area contributed by atoms with E-state index in [1.165, 1.54) is 0 Å². The molecule has 0 aromatic heterocycles. The van der Waals surface area contributed by atoms with Crippen LogP contribution in [0.15, 0.2) is 0 Å². The Bertz CT molecular complexity index is 738. The minimum Gasteiger partial charge on any atom is -0.516 e. The summed E-state index contributed by atoms with van der Waals surface area (Å²) in [5.41, 5.74) is 0. The van der Waals surface area contributed by atoms with E-state index in [0.717, 1.165) is 0 Å². The molecule has 0 aliphatic carbocycles. The SMILES string of the molecule is C[Si](C)(C)OO[C@@](O[Si](C)(C)C)(C(=O)O[Si](C)(C)C)[C@](OO[Si](C)(C)C)(O[Si](C)(C)C)[C@H](O)[C@H](O)CO. The minimum atomic E-state index is -2.80. The summed E-state index contributed by atoms with van der Waals surface area (Å²) < 4.78 is 30.4. The summed E-state index contributed by atoms with van der Waals surface area (Å²) in [7, 11) is -13.3. The van der Waals surface area contributed by atoms with Crippen molar-refractivity contribution >= 4 is 47.6 Å². The van der Waals surface area contributed by atoms with Gasteiger partial charge in [-0.15, -0.1) is 0 Å². The first-order chi connectivity index (χ1) is 16.1. The molecule has 3 N–H and O–H groups in total. The molecule has 0 aliphatic heterocycles. The Balaban J connectivity index is 7.82. The van der Waals surface area contributed by atoms with E-state index in [4.69, 9.17) is 32.2 Å². The monoisotopic (exact) mass is 620 g/mol. The molecule has 0 spiro atoms. The van der Waals surface area contributed by atoms with Crippen LogP contribution < -0.4 is 0 Å². The van der Waals surface area contributed by atoms with Crippen molar-refractivity contribution in [2.75, 3.05) is 6.61 Å². The van der Waals surface area contributed by atoms with Crippen molar-refractivity contribution in [3.8, 4) is 0 Å². The highest BCUT2D eigenvalue weighted by Crippen LogP contribution is 2.44. The summed E-state index contributed by atoms with van der Waals surface area (Å²) in [6, 6.07) is 0. The van der Waals surface area contributed by atoms with Crippen LogP contribution in [0.25, 0.3) is 0 Å². The molecule has 0 bridgehead atoms.